The van der Waals surface area contributed by atoms with E-state index in [9.17, 15) is 4.79 Å². The number of nitrogens with one attached hydrogen (secondary N) is 1. The van der Waals surface area contributed by atoms with E-state index in [1.165, 1.54) is 0 Å². The first-order valence-corrected chi connectivity index (χ1v) is 3.19. The highest BCUT2D eigenvalue weighted by Gasteiger charge is 2.16. The number of piperidine rings is 1. The molecule has 0 aromatic rings. The Labute approximate surface area is 54.9 Å². The van der Waals surface area contributed by atoms with E-state index in [0.717, 1.165) is 12.1 Å². The highest BCUT2D eigenvalue weighted by Crippen LogP contribution is 2.16. The summed E-state index contributed by atoms with van der Waals surface area (Å²) in [5.41, 5.74) is 0.867. The maximum atomic E-state index is 10.6. The Morgan fingerprint density at radius 2 is 2.44 bits per heavy atom. The summed E-state index contributed by atoms with van der Waals surface area (Å²) in [5, 5.41) is 2.70. The Kier molecular flexibility index (Phi) is 1.56. The minimum absolute atomic E-state index is 0.109. The molecule has 1 atom stereocenters. The molecule has 1 saturated heterocycles. The predicted molar refractivity (Wildman–Crippen MR) is 35.7 cm³/mol. The summed E-state index contributed by atoms with van der Waals surface area (Å²) in [7, 11) is 0. The van der Waals surface area contributed by atoms with Crippen molar-refractivity contribution in [2.24, 2.45) is 5.92 Å². The molecule has 1 aliphatic rings. The van der Waals surface area contributed by atoms with Gasteiger partial charge in [-0.15, -0.1) is 0 Å². The van der Waals surface area contributed by atoms with Crippen molar-refractivity contribution in [3.63, 3.8) is 0 Å². The highest BCUT2D eigenvalue weighted by molar-refractivity contribution is 5.78. The van der Waals surface area contributed by atoms with Crippen molar-refractivity contribution in [3.05, 3.63) is 12.3 Å². The fourth-order valence-electron chi connectivity index (χ4n) is 0.887. The molecule has 0 aliphatic carbocycles. The highest BCUT2D eigenvalue weighted by atomic mass is 16.1. The van der Waals surface area contributed by atoms with Crippen LogP contribution in [0.1, 0.15) is 19.8 Å². The van der Waals surface area contributed by atoms with E-state index in [0.29, 0.717) is 12.3 Å². The molecule has 0 aromatic heterocycles. The molecule has 9 heavy (non-hydrogen) atoms. The third-order valence-corrected chi connectivity index (χ3v) is 1.70. The van der Waals surface area contributed by atoms with Crippen molar-refractivity contribution in [1.82, 2.24) is 5.32 Å². The summed E-state index contributed by atoms with van der Waals surface area (Å²) < 4.78 is 0. The van der Waals surface area contributed by atoms with Crippen LogP contribution in [0.25, 0.3) is 0 Å². The normalized spacial score (nSPS) is 27.9. The van der Waals surface area contributed by atoms with E-state index >= 15 is 0 Å². The minimum atomic E-state index is 0.109. The van der Waals surface area contributed by atoms with Gasteiger partial charge in [-0.2, -0.15) is 0 Å². The molecule has 1 unspecified atom stereocenters. The van der Waals surface area contributed by atoms with E-state index in [-0.39, 0.29) is 5.91 Å². The molecular formula is C7H11NO. The maximum Gasteiger partial charge on any atom is 0.224 e. The third kappa shape index (κ3) is 1.31. The number of hydrogen-bond acceptors (Lipinski definition) is 1. The zero-order chi connectivity index (χ0) is 6.85. The quantitative estimate of drug-likeness (QED) is 0.515. The van der Waals surface area contributed by atoms with E-state index in [2.05, 4.69) is 18.8 Å². The van der Waals surface area contributed by atoms with Gasteiger partial charge >= 0.3 is 0 Å². The Morgan fingerprint density at radius 3 is 2.89 bits per heavy atom. The van der Waals surface area contributed by atoms with Gasteiger partial charge in [-0.05, 0) is 12.3 Å². The van der Waals surface area contributed by atoms with Crippen LogP contribution in [0.2, 0.25) is 0 Å². The molecule has 0 radical (unpaired) electrons. The van der Waals surface area contributed by atoms with Crippen molar-refractivity contribution in [2.45, 2.75) is 19.8 Å². The second-order valence-electron chi connectivity index (χ2n) is 2.51. The van der Waals surface area contributed by atoms with Crippen LogP contribution in [0.15, 0.2) is 12.3 Å². The molecule has 2 nitrogen and oxygen atoms in total. The zero-order valence-electron chi connectivity index (χ0n) is 5.61. The summed E-state index contributed by atoms with van der Waals surface area (Å²) >= 11 is 0. The first kappa shape index (κ1) is 6.33. The van der Waals surface area contributed by atoms with Gasteiger partial charge in [0.2, 0.25) is 5.91 Å². The lowest BCUT2D eigenvalue weighted by Crippen LogP contribution is -2.30. The van der Waals surface area contributed by atoms with Crippen LogP contribution in [-0.2, 0) is 4.79 Å². The smallest absolute Gasteiger partial charge is 0.224 e. The van der Waals surface area contributed by atoms with Gasteiger partial charge in [0, 0.05) is 12.1 Å². The Bertz CT molecular complexity index is 151. The second-order valence-corrected chi connectivity index (χ2v) is 2.51. The Hall–Kier alpha value is -0.790. The number of carbonyl (C=O) groups is 1. The Morgan fingerprint density at radius 1 is 1.78 bits per heavy atom. The van der Waals surface area contributed by atoms with Crippen molar-refractivity contribution < 1.29 is 4.79 Å². The van der Waals surface area contributed by atoms with Crippen molar-refractivity contribution in [2.75, 3.05) is 0 Å². The molecule has 1 rings (SSSR count). The third-order valence-electron chi connectivity index (χ3n) is 1.70. The zero-order valence-corrected chi connectivity index (χ0v) is 5.61. The lowest BCUT2D eigenvalue weighted by Gasteiger charge is -2.20. The van der Waals surface area contributed by atoms with E-state index in [4.69, 9.17) is 0 Å². The summed E-state index contributed by atoms with van der Waals surface area (Å²) in [6.45, 7) is 5.78. The van der Waals surface area contributed by atoms with Crippen LogP contribution in [0.4, 0.5) is 0 Å². The summed E-state index contributed by atoms with van der Waals surface area (Å²) in [6.07, 6.45) is 1.60. The summed E-state index contributed by atoms with van der Waals surface area (Å²) in [4.78, 5) is 10.6. The molecule has 0 aromatic carbocycles. The van der Waals surface area contributed by atoms with Crippen LogP contribution in [0, 0.1) is 5.92 Å². The molecule has 1 aliphatic heterocycles. The SMILES string of the molecule is C=C1NC(=O)CCC1C. The number of carbonyl (C=O) groups excluding carboxylic acids is 1. The molecule has 1 fully saturated rings. The molecule has 0 spiro atoms. The van der Waals surface area contributed by atoms with E-state index in [1.54, 1.807) is 0 Å². The van der Waals surface area contributed by atoms with Crippen LogP contribution >= 0.6 is 0 Å². The van der Waals surface area contributed by atoms with Gasteiger partial charge < -0.3 is 5.32 Å². The molecule has 1 N–H and O–H groups in total. The molecule has 0 saturated carbocycles. The van der Waals surface area contributed by atoms with Gasteiger partial charge in [-0.25, -0.2) is 0 Å². The fourth-order valence-corrected chi connectivity index (χ4v) is 0.887. The van der Waals surface area contributed by atoms with Gasteiger partial charge in [0.15, 0.2) is 0 Å². The first-order chi connectivity index (χ1) is 4.20. The predicted octanol–water partition coefficient (Wildman–Crippen LogP) is 1.05. The largest absolute Gasteiger partial charge is 0.330 e. The molecular weight excluding hydrogens is 114 g/mol. The van der Waals surface area contributed by atoms with Crippen molar-refractivity contribution in [1.29, 1.82) is 0 Å². The van der Waals surface area contributed by atoms with E-state index < -0.39 is 0 Å². The Balaban J connectivity index is 2.54. The topological polar surface area (TPSA) is 29.1 Å². The maximum absolute atomic E-state index is 10.6. The minimum Gasteiger partial charge on any atom is -0.330 e. The summed E-state index contributed by atoms with van der Waals surface area (Å²) in [6, 6.07) is 0. The second kappa shape index (κ2) is 2.21. The monoisotopic (exact) mass is 125 g/mol. The van der Waals surface area contributed by atoms with Gasteiger partial charge in [0.05, 0.1) is 0 Å². The van der Waals surface area contributed by atoms with Gasteiger partial charge in [0.25, 0.3) is 0 Å². The summed E-state index contributed by atoms with van der Waals surface area (Å²) in [5.74, 6) is 0.570. The van der Waals surface area contributed by atoms with Crippen LogP contribution in [0.3, 0.4) is 0 Å². The van der Waals surface area contributed by atoms with Crippen LogP contribution < -0.4 is 5.32 Å². The average Bonchev–Trinajstić information content (AvgIpc) is 1.80. The molecule has 0 bridgehead atoms. The van der Waals surface area contributed by atoms with Gasteiger partial charge in [-0.3, -0.25) is 4.79 Å². The van der Waals surface area contributed by atoms with Gasteiger partial charge in [-0.1, -0.05) is 13.5 Å². The van der Waals surface area contributed by atoms with E-state index in [1.807, 2.05) is 0 Å². The molecule has 50 valence electrons. The van der Waals surface area contributed by atoms with Crippen molar-refractivity contribution >= 4 is 5.91 Å². The number of rotatable bonds is 0. The first-order valence-electron chi connectivity index (χ1n) is 3.19. The number of amides is 1. The molecule has 1 amide bonds. The lowest BCUT2D eigenvalue weighted by molar-refractivity contribution is -0.121. The van der Waals surface area contributed by atoms with Crippen LogP contribution in [0.5, 0.6) is 0 Å². The molecule has 1 heterocycles. The number of allylic oxidation sites excluding steroid dienone is 1. The lowest BCUT2D eigenvalue weighted by atomic mass is 9.98. The fraction of sp³-hybridized carbons (Fsp3) is 0.571. The van der Waals surface area contributed by atoms with Crippen LogP contribution in [-0.4, -0.2) is 5.91 Å². The number of hydrogen-bond donors (Lipinski definition) is 1. The van der Waals surface area contributed by atoms with Gasteiger partial charge in [0.1, 0.15) is 0 Å². The standard InChI is InChI=1S/C7H11NO/c1-5-3-4-7(9)8-6(5)2/h5H,2-4H2,1H3,(H,8,9). The molecule has 2 heteroatoms. The van der Waals surface area contributed by atoms with Crippen molar-refractivity contribution in [3.8, 4) is 0 Å². The average molecular weight is 125 g/mol.